The Morgan fingerprint density at radius 3 is 1.21 bits per heavy atom. The fourth-order valence-electron chi connectivity index (χ4n) is 0.746. The van der Waals surface area contributed by atoms with E-state index in [4.69, 9.17) is 9.11 Å². The van der Waals surface area contributed by atoms with Crippen LogP contribution in [0.25, 0.3) is 0 Å². The van der Waals surface area contributed by atoms with Crippen LogP contribution < -0.4 is 0 Å². The third-order valence-corrected chi connectivity index (χ3v) is 2.91. The van der Waals surface area contributed by atoms with Gasteiger partial charge in [0.25, 0.3) is 20.2 Å². The molecule has 0 rings (SSSR count). The van der Waals surface area contributed by atoms with E-state index in [9.17, 15) is 16.8 Å². The van der Waals surface area contributed by atoms with Crippen molar-refractivity contribution in [1.29, 1.82) is 0 Å². The molecular weight excluding hydrogens is 243 g/mol. The average molecular weight is 256 g/mol. The van der Waals surface area contributed by atoms with Crippen LogP contribution in [0.2, 0.25) is 0 Å². The molecule has 0 fully saturated rings. The third kappa shape index (κ3) is 15.3. The molecule has 0 aromatic rings. The summed E-state index contributed by atoms with van der Waals surface area (Å²) in [5, 5.41) is 0. The van der Waals surface area contributed by atoms with Crippen molar-refractivity contribution in [3.63, 3.8) is 0 Å². The van der Waals surface area contributed by atoms with E-state index in [0.29, 0.717) is 6.42 Å². The van der Waals surface area contributed by atoms with Crippen LogP contribution in [0.3, 0.4) is 0 Å². The van der Waals surface area contributed by atoms with Gasteiger partial charge in [-0.2, -0.15) is 16.8 Å². The van der Waals surface area contributed by atoms with Gasteiger partial charge in [0.2, 0.25) is 0 Å². The Balaban J connectivity index is 0. The van der Waals surface area contributed by atoms with Gasteiger partial charge in [0.1, 0.15) is 0 Å². The standard InChI is InChI=1S/C5H12O6S2.Na.H/c6-12(7,8)4-2-1-3-5-13(9,10)11;;/h1-5H2,(H,6,7,8)(H,9,10,11);;. The van der Waals surface area contributed by atoms with E-state index in [0.717, 1.165) is 0 Å². The van der Waals surface area contributed by atoms with Gasteiger partial charge in [-0.1, -0.05) is 6.42 Å². The van der Waals surface area contributed by atoms with Gasteiger partial charge in [0.15, 0.2) is 0 Å². The summed E-state index contributed by atoms with van der Waals surface area (Å²) < 4.78 is 57.3. The van der Waals surface area contributed by atoms with Crippen LogP contribution in [0.15, 0.2) is 0 Å². The molecule has 0 saturated heterocycles. The SMILES string of the molecule is O=S(=O)(O)CCCCCS(=O)(=O)O.[NaH]. The predicted octanol–water partition coefficient (Wildman–Crippen LogP) is -0.716. The molecule has 14 heavy (non-hydrogen) atoms. The quantitative estimate of drug-likeness (QED) is 0.369. The second kappa shape index (κ2) is 7.15. The van der Waals surface area contributed by atoms with Gasteiger partial charge in [-0.15, -0.1) is 0 Å². The van der Waals surface area contributed by atoms with Crippen molar-refractivity contribution in [2.45, 2.75) is 19.3 Å². The van der Waals surface area contributed by atoms with Crippen LogP contribution in [0.1, 0.15) is 19.3 Å². The molecule has 0 unspecified atom stereocenters. The molecule has 0 aliphatic heterocycles. The van der Waals surface area contributed by atoms with E-state index < -0.39 is 20.2 Å². The zero-order valence-corrected chi connectivity index (χ0v) is 8.51. The molecule has 9 heteroatoms. The molecule has 0 heterocycles. The Hall–Kier alpha value is 0.820. The summed E-state index contributed by atoms with van der Waals surface area (Å²) in [5.74, 6) is -0.753. The van der Waals surface area contributed by atoms with Crippen molar-refractivity contribution in [2.24, 2.45) is 0 Å². The predicted molar refractivity (Wildman–Crippen MR) is 53.8 cm³/mol. The fourth-order valence-corrected chi connectivity index (χ4v) is 1.88. The Morgan fingerprint density at radius 1 is 0.714 bits per heavy atom. The molecule has 0 atom stereocenters. The third-order valence-electron chi connectivity index (χ3n) is 1.30. The zero-order valence-electron chi connectivity index (χ0n) is 6.88. The van der Waals surface area contributed by atoms with Gasteiger partial charge in [-0.3, -0.25) is 9.11 Å². The van der Waals surface area contributed by atoms with E-state index in [2.05, 4.69) is 0 Å². The van der Waals surface area contributed by atoms with Crippen molar-refractivity contribution >= 4 is 49.8 Å². The summed E-state index contributed by atoms with van der Waals surface area (Å²) in [6.45, 7) is 0. The van der Waals surface area contributed by atoms with E-state index in [1.54, 1.807) is 0 Å². The van der Waals surface area contributed by atoms with Crippen LogP contribution in [-0.2, 0) is 20.2 Å². The fraction of sp³-hybridized carbons (Fsp3) is 1.00. The second-order valence-electron chi connectivity index (χ2n) is 2.63. The van der Waals surface area contributed by atoms with Gasteiger partial charge in [0, 0.05) is 0 Å². The summed E-state index contributed by atoms with van der Waals surface area (Å²) in [5.41, 5.74) is 0. The Bertz CT molecular complexity index is 297. The Labute approximate surface area is 106 Å². The molecule has 82 valence electrons. The first-order chi connectivity index (χ1) is 5.71. The average Bonchev–Trinajstić information content (AvgIpc) is 1.81. The second-order valence-corrected chi connectivity index (χ2v) is 5.78. The molecule has 6 nitrogen and oxygen atoms in total. The van der Waals surface area contributed by atoms with Gasteiger partial charge in [-0.25, -0.2) is 0 Å². The monoisotopic (exact) mass is 256 g/mol. The van der Waals surface area contributed by atoms with Crippen molar-refractivity contribution in [3.8, 4) is 0 Å². The normalized spacial score (nSPS) is 12.1. The maximum absolute atomic E-state index is 10.2. The molecule has 0 aromatic carbocycles. The van der Waals surface area contributed by atoms with Crippen molar-refractivity contribution in [1.82, 2.24) is 0 Å². The molecule has 0 aromatic heterocycles. The van der Waals surface area contributed by atoms with Crippen molar-refractivity contribution in [2.75, 3.05) is 11.5 Å². The first-order valence-corrected chi connectivity index (χ1v) is 6.83. The zero-order chi connectivity index (χ0) is 10.5. The summed E-state index contributed by atoms with van der Waals surface area (Å²) in [7, 11) is -7.90. The van der Waals surface area contributed by atoms with Crippen molar-refractivity contribution in [3.05, 3.63) is 0 Å². The van der Waals surface area contributed by atoms with Crippen molar-refractivity contribution < 1.29 is 25.9 Å². The minimum atomic E-state index is -3.95. The summed E-state index contributed by atoms with van der Waals surface area (Å²) in [4.78, 5) is 0. The van der Waals surface area contributed by atoms with E-state index in [1.807, 2.05) is 0 Å². The molecule has 0 aliphatic carbocycles. The molecule has 0 bridgehead atoms. The number of rotatable bonds is 6. The van der Waals surface area contributed by atoms with Crippen LogP contribution in [0.4, 0.5) is 0 Å². The molecule has 0 aliphatic rings. The van der Waals surface area contributed by atoms with Crippen LogP contribution in [0.5, 0.6) is 0 Å². The molecular formula is C5H13NaO6S2. The van der Waals surface area contributed by atoms with E-state index in [1.165, 1.54) is 0 Å². The first kappa shape index (κ1) is 17.2. The molecule has 0 amide bonds. The number of hydrogen-bond donors (Lipinski definition) is 2. The maximum atomic E-state index is 10.2. The molecule has 0 saturated carbocycles. The number of hydrogen-bond acceptors (Lipinski definition) is 4. The van der Waals surface area contributed by atoms with Gasteiger partial charge >= 0.3 is 29.6 Å². The van der Waals surface area contributed by atoms with Gasteiger partial charge < -0.3 is 0 Å². The first-order valence-electron chi connectivity index (χ1n) is 3.61. The summed E-state index contributed by atoms with van der Waals surface area (Å²) >= 11 is 0. The molecule has 0 spiro atoms. The van der Waals surface area contributed by atoms with E-state index >= 15 is 0 Å². The topological polar surface area (TPSA) is 109 Å². The summed E-state index contributed by atoms with van der Waals surface area (Å²) in [6.07, 6.45) is 0.711. The Kier molecular flexibility index (Phi) is 8.80. The van der Waals surface area contributed by atoms with Gasteiger partial charge in [-0.05, 0) is 12.8 Å². The van der Waals surface area contributed by atoms with E-state index in [-0.39, 0.29) is 53.9 Å². The van der Waals surface area contributed by atoms with Crippen LogP contribution in [0, 0.1) is 0 Å². The molecule has 0 radical (unpaired) electrons. The number of unbranched alkanes of at least 4 members (excludes halogenated alkanes) is 2. The minimum absolute atomic E-state index is 0. The molecule has 2 N–H and O–H groups in total. The Morgan fingerprint density at radius 2 is 1.00 bits per heavy atom. The van der Waals surface area contributed by atoms with Crippen LogP contribution in [-0.4, -0.2) is 67.0 Å². The summed E-state index contributed by atoms with van der Waals surface area (Å²) in [6, 6.07) is 0. The van der Waals surface area contributed by atoms with Gasteiger partial charge in [0.05, 0.1) is 11.5 Å². The van der Waals surface area contributed by atoms with Crippen LogP contribution >= 0.6 is 0 Å².